The van der Waals surface area contributed by atoms with Gasteiger partial charge in [0.15, 0.2) is 0 Å². The maximum atomic E-state index is 6.74. The van der Waals surface area contributed by atoms with Crippen LogP contribution in [0.4, 0.5) is 0 Å². The number of hydrogen-bond donors (Lipinski definition) is 0. The van der Waals surface area contributed by atoms with Crippen molar-refractivity contribution in [1.82, 2.24) is 0 Å². The summed E-state index contributed by atoms with van der Waals surface area (Å²) in [6, 6.07) is 0. The van der Waals surface area contributed by atoms with Gasteiger partial charge in [0.05, 0.1) is 13.2 Å². The molecule has 336 valence electrons. The van der Waals surface area contributed by atoms with Crippen LogP contribution in [0.3, 0.4) is 0 Å². The molecule has 59 heavy (non-hydrogen) atoms. The molecule has 1 heteroatoms. The Labute approximate surface area is 368 Å². The first-order chi connectivity index (χ1) is 29.0. The molecule has 0 heterocycles. The van der Waals surface area contributed by atoms with Crippen LogP contribution < -0.4 is 0 Å². The summed E-state index contributed by atoms with van der Waals surface area (Å²) in [4.78, 5) is 0. The van der Waals surface area contributed by atoms with Crippen molar-refractivity contribution in [2.24, 2.45) is 57.2 Å². The average molecular weight is 811 g/mol. The molecule has 6 aliphatic carbocycles. The lowest BCUT2D eigenvalue weighted by atomic mass is 9.47. The summed E-state index contributed by atoms with van der Waals surface area (Å²) in [5.41, 5.74) is 1.43. The van der Waals surface area contributed by atoms with Crippen molar-refractivity contribution in [1.29, 1.82) is 0 Å². The van der Waals surface area contributed by atoms with E-state index in [-0.39, 0.29) is 10.8 Å². The minimum Gasteiger partial charge on any atom is -0.380 e. The Kier molecular flexibility index (Phi) is 19.4. The molecule has 0 aliphatic heterocycles. The molecule has 4 saturated carbocycles. The summed E-state index contributed by atoms with van der Waals surface area (Å²) in [6.45, 7) is 11.2. The van der Waals surface area contributed by atoms with Crippen LogP contribution in [0.25, 0.3) is 0 Å². The lowest BCUT2D eigenvalue weighted by molar-refractivity contribution is -0.0295. The van der Waals surface area contributed by atoms with Gasteiger partial charge in [0, 0.05) is 22.7 Å². The van der Waals surface area contributed by atoms with Gasteiger partial charge in [0.2, 0.25) is 0 Å². The van der Waals surface area contributed by atoms with Crippen LogP contribution in [0.1, 0.15) is 246 Å². The summed E-state index contributed by atoms with van der Waals surface area (Å²) < 4.78 is 6.74. The molecule has 0 N–H and O–H groups in total. The predicted octanol–water partition coefficient (Wildman–Crippen LogP) is 18.3. The standard InChI is InChI=1S/C58H98O/c1-5-9-11-13-17-37-55(57(39-19-15-20-40-57)53-29-25-49(23-7-3)26-30-53)43-33-51(34-44-55)47-59-48-52-35-45-56(46-36-52,38-18-14-12-10-6-2)58(41-21-16-22-42-58)54-31-27-50(24-8-4)28-32-54/h33-36,43-46,49-54H,5-32,37-42,47-48H2,1-4H3/t49-,50-,51-,52-,53-,54-,55-,56-. The second-order valence-corrected chi connectivity index (χ2v) is 22.2. The molecule has 1 nitrogen and oxygen atoms in total. The Morgan fingerprint density at radius 2 is 0.763 bits per heavy atom. The van der Waals surface area contributed by atoms with Crippen LogP contribution in [0.15, 0.2) is 48.6 Å². The van der Waals surface area contributed by atoms with Crippen molar-refractivity contribution >= 4 is 0 Å². The Balaban J connectivity index is 1.11. The number of ether oxygens (including phenoxy) is 1. The van der Waals surface area contributed by atoms with Gasteiger partial charge in [-0.05, 0) is 98.7 Å². The molecule has 0 bridgehead atoms. The minimum absolute atomic E-state index is 0.247. The number of allylic oxidation sites excluding steroid dienone is 4. The normalized spacial score (nSPS) is 34.3. The van der Waals surface area contributed by atoms with E-state index >= 15 is 0 Å². The number of unbranched alkanes of at least 4 members (excludes halogenated alkanes) is 8. The third-order valence-corrected chi connectivity index (χ3v) is 18.6. The molecule has 4 fully saturated rings. The van der Waals surface area contributed by atoms with E-state index in [1.165, 1.54) is 218 Å². The Bertz CT molecular complexity index is 1140. The topological polar surface area (TPSA) is 9.23 Å². The van der Waals surface area contributed by atoms with Crippen LogP contribution in [0, 0.1) is 57.2 Å². The zero-order valence-corrected chi connectivity index (χ0v) is 39.9. The Morgan fingerprint density at radius 1 is 0.407 bits per heavy atom. The van der Waals surface area contributed by atoms with Gasteiger partial charge in [-0.15, -0.1) is 0 Å². The second kappa shape index (κ2) is 24.1. The van der Waals surface area contributed by atoms with Crippen LogP contribution in [-0.2, 0) is 4.74 Å². The van der Waals surface area contributed by atoms with E-state index in [2.05, 4.69) is 76.3 Å². The summed E-state index contributed by atoms with van der Waals surface area (Å²) >= 11 is 0. The smallest absolute Gasteiger partial charge is 0.0563 e. The third kappa shape index (κ3) is 11.7. The van der Waals surface area contributed by atoms with Crippen LogP contribution in [0.2, 0.25) is 0 Å². The highest BCUT2D eigenvalue weighted by molar-refractivity contribution is 5.28. The molecular weight excluding hydrogens is 713 g/mol. The molecule has 0 amide bonds. The van der Waals surface area contributed by atoms with E-state index < -0.39 is 0 Å². The first-order valence-corrected chi connectivity index (χ1v) is 27.3. The maximum Gasteiger partial charge on any atom is 0.0563 e. The van der Waals surface area contributed by atoms with Gasteiger partial charge in [-0.1, -0.05) is 230 Å². The first-order valence-electron chi connectivity index (χ1n) is 27.3. The maximum absolute atomic E-state index is 6.74. The largest absolute Gasteiger partial charge is 0.380 e. The van der Waals surface area contributed by atoms with Crippen molar-refractivity contribution in [2.45, 2.75) is 246 Å². The monoisotopic (exact) mass is 811 g/mol. The molecule has 6 aliphatic rings. The summed E-state index contributed by atoms with van der Waals surface area (Å²) in [5.74, 6) is 4.62. The van der Waals surface area contributed by atoms with E-state index in [0.717, 1.165) is 36.9 Å². The van der Waals surface area contributed by atoms with Crippen LogP contribution in [0.5, 0.6) is 0 Å². The van der Waals surface area contributed by atoms with Gasteiger partial charge in [0.25, 0.3) is 0 Å². The van der Waals surface area contributed by atoms with Crippen molar-refractivity contribution in [2.75, 3.05) is 13.2 Å². The second-order valence-electron chi connectivity index (χ2n) is 22.2. The van der Waals surface area contributed by atoms with E-state index in [1.54, 1.807) is 0 Å². The molecule has 0 aromatic carbocycles. The molecule has 0 spiro atoms. The van der Waals surface area contributed by atoms with Crippen LogP contribution >= 0.6 is 0 Å². The van der Waals surface area contributed by atoms with Crippen molar-refractivity contribution in [3.05, 3.63) is 48.6 Å². The molecule has 0 unspecified atom stereocenters. The summed E-state index contributed by atoms with van der Waals surface area (Å²) in [6.07, 6.45) is 70.5. The summed E-state index contributed by atoms with van der Waals surface area (Å²) in [5, 5.41) is 0. The summed E-state index contributed by atoms with van der Waals surface area (Å²) in [7, 11) is 0. The van der Waals surface area contributed by atoms with Gasteiger partial charge in [-0.3, -0.25) is 0 Å². The van der Waals surface area contributed by atoms with Crippen molar-refractivity contribution < 1.29 is 4.74 Å². The zero-order chi connectivity index (χ0) is 41.3. The fourth-order valence-electron chi connectivity index (χ4n) is 15.2. The highest BCUT2D eigenvalue weighted by Gasteiger charge is 2.55. The van der Waals surface area contributed by atoms with Gasteiger partial charge < -0.3 is 4.74 Å². The van der Waals surface area contributed by atoms with Crippen molar-refractivity contribution in [3.8, 4) is 0 Å². The van der Waals surface area contributed by atoms with Crippen LogP contribution in [-0.4, -0.2) is 13.2 Å². The highest BCUT2D eigenvalue weighted by Crippen LogP contribution is 2.64. The molecule has 0 atom stereocenters. The number of hydrogen-bond acceptors (Lipinski definition) is 1. The van der Waals surface area contributed by atoms with Crippen molar-refractivity contribution in [3.63, 3.8) is 0 Å². The number of rotatable bonds is 24. The zero-order valence-electron chi connectivity index (χ0n) is 39.9. The van der Waals surface area contributed by atoms with E-state index in [1.807, 2.05) is 0 Å². The fraction of sp³-hybridized carbons (Fsp3) is 0.862. The quantitative estimate of drug-likeness (QED) is 0.0697. The molecule has 0 radical (unpaired) electrons. The van der Waals surface area contributed by atoms with Gasteiger partial charge >= 0.3 is 0 Å². The average Bonchev–Trinajstić information content (AvgIpc) is 3.28. The molecule has 0 aromatic rings. The van der Waals surface area contributed by atoms with E-state index in [9.17, 15) is 0 Å². The first kappa shape index (κ1) is 47.4. The lowest BCUT2D eigenvalue weighted by Crippen LogP contribution is -2.48. The van der Waals surface area contributed by atoms with E-state index in [4.69, 9.17) is 4.74 Å². The molecule has 0 aromatic heterocycles. The Morgan fingerprint density at radius 3 is 1.10 bits per heavy atom. The van der Waals surface area contributed by atoms with Gasteiger partial charge in [-0.2, -0.15) is 0 Å². The molecule has 6 rings (SSSR count). The van der Waals surface area contributed by atoms with Gasteiger partial charge in [-0.25, -0.2) is 0 Å². The minimum atomic E-state index is 0.247. The fourth-order valence-corrected chi connectivity index (χ4v) is 15.2. The highest BCUT2D eigenvalue weighted by atomic mass is 16.5. The third-order valence-electron chi connectivity index (χ3n) is 18.6. The Hall–Kier alpha value is -1.08. The predicted molar refractivity (Wildman–Crippen MR) is 258 cm³/mol. The SMILES string of the molecule is CCCCCCC[C@]1(C2([C@H]3CC[C@H](CCC)CC3)CCCCC2)C=C[C@H](COC[C@H]2C=C[C@](CCCCCCC)(C3([C@H]4CC[C@H](CCC)CC4)CCCCC3)C=C2)C=C1. The lowest BCUT2D eigenvalue weighted by Gasteiger charge is -2.57. The van der Waals surface area contributed by atoms with E-state index in [0.29, 0.717) is 22.7 Å². The molecule has 0 saturated heterocycles. The molecular formula is C58H98O. The van der Waals surface area contributed by atoms with Gasteiger partial charge in [0.1, 0.15) is 0 Å².